The second-order valence-corrected chi connectivity index (χ2v) is 40.7. The molecule has 4 heterocycles. The monoisotopic (exact) mass is 1780 g/mol. The van der Waals surface area contributed by atoms with Crippen LogP contribution < -0.4 is 0 Å². The Morgan fingerprint density at radius 3 is 0.773 bits per heavy atom. The van der Waals surface area contributed by atoms with Gasteiger partial charge < -0.3 is 0 Å². The lowest BCUT2D eigenvalue weighted by atomic mass is 9.68. The molecule has 6 nitrogen and oxygen atoms in total. The summed E-state index contributed by atoms with van der Waals surface area (Å²) in [7, 11) is 0. The first-order valence-electron chi connectivity index (χ1n) is 48.4. The smallest absolute Gasteiger partial charge is 0.270 e. The van der Waals surface area contributed by atoms with E-state index in [-0.39, 0.29) is 55.9 Å². The molecule has 0 aliphatic heterocycles. The van der Waals surface area contributed by atoms with Gasteiger partial charge in [0, 0.05) is 84.9 Å². The van der Waals surface area contributed by atoms with Gasteiger partial charge in [-0.15, -0.1) is 45.3 Å². The Hall–Kier alpha value is -9.64. The minimum atomic E-state index is -1.19. The van der Waals surface area contributed by atoms with Crippen molar-refractivity contribution in [1.82, 2.24) is 0 Å². The van der Waals surface area contributed by atoms with E-state index < -0.39 is 45.7 Å². The van der Waals surface area contributed by atoms with E-state index in [1.165, 1.54) is 87.3 Å². The number of halogens is 4. The van der Waals surface area contributed by atoms with Gasteiger partial charge in [-0.2, -0.15) is 0 Å². The lowest BCUT2D eigenvalue weighted by Crippen LogP contribution is -2.29. The van der Waals surface area contributed by atoms with Crippen molar-refractivity contribution in [3.63, 3.8) is 0 Å². The van der Waals surface area contributed by atoms with Gasteiger partial charge in [0.05, 0.1) is 45.5 Å². The molecule has 0 radical (unpaired) electrons. The molecule has 0 saturated carbocycles. The van der Waals surface area contributed by atoms with Gasteiger partial charge in [-0.05, 0) is 229 Å². The molecule has 0 bridgehead atoms. The highest BCUT2D eigenvalue weighted by Gasteiger charge is 2.56. The fourth-order valence-corrected chi connectivity index (χ4v) is 26.6. The van der Waals surface area contributed by atoms with E-state index in [0.29, 0.717) is 9.75 Å². The number of nitrogens with zero attached hydrogens (tertiary/aromatic N) is 4. The van der Waals surface area contributed by atoms with Crippen LogP contribution in [0.3, 0.4) is 0 Å². The van der Waals surface area contributed by atoms with Crippen LogP contribution in [0.25, 0.3) is 63.3 Å². The second kappa shape index (κ2) is 43.9. The number of rotatable bonds is 46. The quantitative estimate of drug-likeness (QED) is 0.0125. The number of allylic oxidation sites excluding steroid dienone is 6. The molecule has 4 aliphatic carbocycles. The number of fused-ring (bicyclic) bond motifs is 11. The molecular formula is C114H124F4N4O2S4. The number of unbranched alkanes of at least 4 members (excludes halogenated alkanes) is 24. The van der Waals surface area contributed by atoms with Crippen LogP contribution in [0.1, 0.15) is 390 Å². The van der Waals surface area contributed by atoms with Crippen LogP contribution >= 0.6 is 45.3 Å². The summed E-state index contributed by atoms with van der Waals surface area (Å²) in [5.41, 5.74) is 16.5. The van der Waals surface area contributed by atoms with Crippen molar-refractivity contribution in [2.24, 2.45) is 0 Å². The van der Waals surface area contributed by atoms with E-state index in [0.717, 1.165) is 312 Å². The van der Waals surface area contributed by atoms with Gasteiger partial charge in [0.15, 0.2) is 34.8 Å². The zero-order valence-electron chi connectivity index (χ0n) is 76.6. The van der Waals surface area contributed by atoms with Crippen molar-refractivity contribution in [2.45, 2.75) is 323 Å². The third-order valence-electron chi connectivity index (χ3n) is 27.1. The maximum absolute atomic E-state index is 15.8. The van der Waals surface area contributed by atoms with E-state index in [1.54, 1.807) is 34.8 Å². The number of aryl methyl sites for hydroxylation is 8. The predicted octanol–water partition coefficient (Wildman–Crippen LogP) is 34.2. The molecule has 0 amide bonds. The molecule has 0 N–H and O–H groups in total. The van der Waals surface area contributed by atoms with Gasteiger partial charge in [0.25, 0.3) is 11.4 Å². The molecule has 0 fully saturated rings. The first-order valence-corrected chi connectivity index (χ1v) is 51.7. The number of benzene rings is 6. The molecule has 0 atom stereocenters. The number of carbonyl (C=O) groups is 2. The minimum absolute atomic E-state index is 0.00884. The topological polar surface area (TPSA) is 90.4 Å². The average molecular weight is 1790 g/mol. The van der Waals surface area contributed by atoms with Crippen molar-refractivity contribution < 1.29 is 27.2 Å². The number of carbonyl (C=O) groups excluding carboxylic acids is 2. The normalized spacial score (nSPS) is 15.2. The molecule has 0 spiro atoms. The van der Waals surface area contributed by atoms with Crippen LogP contribution in [0, 0.1) is 59.1 Å². The first-order chi connectivity index (χ1) is 62.4. The maximum atomic E-state index is 15.8. The van der Waals surface area contributed by atoms with Gasteiger partial charge in [0.2, 0.25) is 0 Å². The Morgan fingerprint density at radius 2 is 0.555 bits per heavy atom. The van der Waals surface area contributed by atoms with Gasteiger partial charge in [-0.1, -0.05) is 282 Å². The Labute approximate surface area is 775 Å². The lowest BCUT2D eigenvalue weighted by molar-refractivity contribution is 0.103. The number of ketones is 2. The van der Waals surface area contributed by atoms with Crippen LogP contribution in [0.5, 0.6) is 0 Å². The second-order valence-electron chi connectivity index (χ2n) is 36.5. The standard InChI is InChI=1S/C114H124F4N4O2S4/c1-11-19-27-35-43-73-51-74(44-36-28-20-12-2)56-81(55-73)113(82-57-75(45-37-29-21-13-3)52-76(58-82)46-38-30-22-14-4)103-107(93-65-85(125-111(93)113)63-91-101(99(71-119)121-9)87-67-95(115)97(117)69-89(87)105(91)123)127-110-104-108(128-109(103)110)94-66-86(64-92-102(100(72-120)122-10)88-68-96(116)98(118)70-90(88)106(92)124)126-112(94)114(104,83-59-77(47-39-31-23-15-5)53-78(60-83)48-40-32-24-16-6)84-61-79(49-41-33-25-17-7)54-80(62-84)50-42-34-26-18-8/h51-70H,11-50H2,1-8H3/b91-63-,92-64-,101-99-,102-100+. The van der Waals surface area contributed by atoms with Gasteiger partial charge in [0.1, 0.15) is 0 Å². The van der Waals surface area contributed by atoms with E-state index in [9.17, 15) is 10.5 Å². The average Bonchev–Trinajstić information content (AvgIpc) is 1.48. The van der Waals surface area contributed by atoms with Crippen LogP contribution in [0.4, 0.5) is 17.6 Å². The van der Waals surface area contributed by atoms with Crippen molar-refractivity contribution in [3.8, 4) is 33.0 Å². The third-order valence-corrected chi connectivity index (χ3v) is 32.1. The SMILES string of the molecule is [C-]#[N+]/C(C#N)=C1\C(=C\c2cc3c(s2)C(c2cc(CCCCCC)cc(CCCCCC)c2)(c2cc(CCCCCC)cc(CCCCCC)c2)c2c-3sc3c4c(sc23)-c2cc(/C=C3\C(=O)c5cc(F)c(F)cc5\C3=C(\C#N)[N+]#[C-])sc2C4(c2cc(CCCCCC)cc(CCCCCC)c2)c2cc(CCCCCC)cc(CCCCCC)c2)C(=O)c2cc(F)c(F)cc21. The summed E-state index contributed by atoms with van der Waals surface area (Å²) in [6, 6.07) is 42.7. The molecule has 0 unspecified atom stereocenters. The molecule has 0 saturated heterocycles. The molecule has 10 aromatic rings. The number of thiophene rings is 4. The predicted molar refractivity (Wildman–Crippen MR) is 528 cm³/mol. The fourth-order valence-electron chi connectivity index (χ4n) is 20.7. The van der Waals surface area contributed by atoms with E-state index >= 15 is 27.2 Å². The van der Waals surface area contributed by atoms with Crippen molar-refractivity contribution in [3.05, 3.63) is 297 Å². The number of hydrogen-bond donors (Lipinski definition) is 0. The maximum Gasteiger partial charge on any atom is 0.270 e. The van der Waals surface area contributed by atoms with Crippen LogP contribution in [0.15, 0.2) is 132 Å². The van der Waals surface area contributed by atoms with E-state index in [1.807, 2.05) is 22.7 Å². The summed E-state index contributed by atoms with van der Waals surface area (Å²) in [6.07, 6.45) is 45.5. The van der Waals surface area contributed by atoms with Crippen LogP contribution in [0.2, 0.25) is 0 Å². The van der Waals surface area contributed by atoms with Crippen molar-refractivity contribution in [2.75, 3.05) is 0 Å². The highest BCUT2D eigenvalue weighted by Crippen LogP contribution is 2.71. The third kappa shape index (κ3) is 19.4. The van der Waals surface area contributed by atoms with Crippen LogP contribution in [-0.4, -0.2) is 11.6 Å². The number of nitriles is 2. The lowest BCUT2D eigenvalue weighted by Gasteiger charge is -2.35. The number of hydrogen-bond acceptors (Lipinski definition) is 8. The molecule has 14 rings (SSSR count). The molecule has 14 heteroatoms. The van der Waals surface area contributed by atoms with Gasteiger partial charge in [-0.25, -0.2) is 37.8 Å². The molecule has 6 aromatic carbocycles. The summed E-state index contributed by atoms with van der Waals surface area (Å²) in [5.74, 6) is -5.92. The Kier molecular flexibility index (Phi) is 32.4. The first kappa shape index (κ1) is 94.5. The minimum Gasteiger partial charge on any atom is -0.289 e. The zero-order chi connectivity index (χ0) is 90.2. The molecule has 128 heavy (non-hydrogen) atoms. The molecule has 4 aromatic heterocycles. The van der Waals surface area contributed by atoms with Crippen molar-refractivity contribution in [1.29, 1.82) is 10.5 Å². The molecule has 664 valence electrons. The summed E-state index contributed by atoms with van der Waals surface area (Å²) in [4.78, 5) is 43.9. The van der Waals surface area contributed by atoms with Crippen molar-refractivity contribution >= 4 is 89.6 Å². The number of Topliss-reactive ketones (excluding diaryl/α,β-unsaturated/α-hetero) is 2. The largest absolute Gasteiger partial charge is 0.289 e. The zero-order valence-corrected chi connectivity index (χ0v) is 79.8. The molecule has 4 aliphatic rings. The van der Waals surface area contributed by atoms with Crippen LogP contribution in [-0.2, 0) is 62.2 Å². The summed E-state index contributed by atoms with van der Waals surface area (Å²) < 4.78 is 65.2. The Bertz CT molecular complexity index is 5430. The highest BCUT2D eigenvalue weighted by atomic mass is 32.1. The summed E-state index contributed by atoms with van der Waals surface area (Å²) in [5, 5.41) is 21.7. The Morgan fingerprint density at radius 1 is 0.320 bits per heavy atom. The van der Waals surface area contributed by atoms with E-state index in [4.69, 9.17) is 13.1 Å². The molecular weight excluding hydrogens is 1660 g/mol. The Balaban J connectivity index is 1.18. The summed E-state index contributed by atoms with van der Waals surface area (Å²) >= 11 is 6.97. The van der Waals surface area contributed by atoms with Gasteiger partial charge >= 0.3 is 0 Å². The highest BCUT2D eigenvalue weighted by molar-refractivity contribution is 7.32. The van der Waals surface area contributed by atoms with Gasteiger partial charge in [-0.3, -0.25) is 9.59 Å². The van der Waals surface area contributed by atoms with E-state index in [2.05, 4.69) is 162 Å². The fraction of sp³-hybridized carbons (Fsp3) is 0.439. The summed E-state index contributed by atoms with van der Waals surface area (Å²) in [6.45, 7) is 35.0.